The number of carboxylic acid groups (broad SMARTS) is 1. The Morgan fingerprint density at radius 1 is 1.25 bits per heavy atom. The smallest absolute Gasteiger partial charge is 0.304 e. The van der Waals surface area contributed by atoms with Crippen LogP contribution in [0.4, 0.5) is 5.69 Å². The third-order valence-corrected chi connectivity index (χ3v) is 3.66. The molecule has 1 unspecified atom stereocenters. The van der Waals surface area contributed by atoms with E-state index in [1.165, 1.54) is 0 Å². The molecule has 20 heavy (non-hydrogen) atoms. The number of benzene rings is 1. The second-order valence-electron chi connectivity index (χ2n) is 5.06. The minimum absolute atomic E-state index is 0.0624. The third kappa shape index (κ3) is 2.50. The van der Waals surface area contributed by atoms with Gasteiger partial charge in [-0.2, -0.15) is 0 Å². The Balaban J connectivity index is 1.85. The van der Waals surface area contributed by atoms with Crippen molar-refractivity contribution in [2.75, 3.05) is 11.4 Å². The van der Waals surface area contributed by atoms with Gasteiger partial charge in [0.2, 0.25) is 0 Å². The van der Waals surface area contributed by atoms with Crippen molar-refractivity contribution in [3.8, 4) is 0 Å². The van der Waals surface area contributed by atoms with Crippen molar-refractivity contribution < 1.29 is 9.90 Å². The molecular weight excluding hydrogens is 252 g/mol. The van der Waals surface area contributed by atoms with Crippen LogP contribution in [-0.2, 0) is 11.3 Å². The van der Waals surface area contributed by atoms with Gasteiger partial charge in [-0.25, -0.2) is 0 Å². The average molecular weight is 268 g/mol. The van der Waals surface area contributed by atoms with E-state index >= 15 is 0 Å². The zero-order valence-electron chi connectivity index (χ0n) is 11.1. The van der Waals surface area contributed by atoms with Gasteiger partial charge in [-0.3, -0.25) is 9.78 Å². The molecule has 2 heterocycles. The molecule has 2 aromatic rings. The van der Waals surface area contributed by atoms with Crippen molar-refractivity contribution in [1.82, 2.24) is 4.98 Å². The maximum absolute atomic E-state index is 11.0. The van der Waals surface area contributed by atoms with E-state index in [4.69, 9.17) is 5.11 Å². The second kappa shape index (κ2) is 5.33. The number of rotatable bonds is 4. The molecule has 3 rings (SSSR count). The number of hydrogen-bond acceptors (Lipinski definition) is 3. The van der Waals surface area contributed by atoms with Crippen molar-refractivity contribution in [1.29, 1.82) is 0 Å². The lowest BCUT2D eigenvalue weighted by molar-refractivity contribution is -0.137. The fourth-order valence-corrected chi connectivity index (χ4v) is 2.81. The number of nitrogens with zero attached hydrogens (tertiary/aromatic N) is 2. The quantitative estimate of drug-likeness (QED) is 0.926. The summed E-state index contributed by atoms with van der Waals surface area (Å²) in [4.78, 5) is 17.6. The van der Waals surface area contributed by atoms with E-state index in [1.54, 1.807) is 6.20 Å². The number of aromatic nitrogens is 1. The number of fused-ring (bicyclic) bond motifs is 1. The van der Waals surface area contributed by atoms with Crippen LogP contribution in [0.15, 0.2) is 48.7 Å². The van der Waals surface area contributed by atoms with Crippen LogP contribution in [0.5, 0.6) is 0 Å². The van der Waals surface area contributed by atoms with Crippen LogP contribution >= 0.6 is 0 Å². The molecule has 0 fully saturated rings. The molecule has 1 aliphatic rings. The third-order valence-electron chi connectivity index (χ3n) is 3.66. The molecule has 0 saturated heterocycles. The van der Waals surface area contributed by atoms with Gasteiger partial charge in [0.15, 0.2) is 0 Å². The normalized spacial score (nSPS) is 17.0. The van der Waals surface area contributed by atoms with E-state index in [-0.39, 0.29) is 12.3 Å². The second-order valence-corrected chi connectivity index (χ2v) is 5.06. The van der Waals surface area contributed by atoms with Crippen LogP contribution in [0.3, 0.4) is 0 Å². The lowest BCUT2D eigenvalue weighted by atomic mass is 9.98. The highest BCUT2D eigenvalue weighted by molar-refractivity contribution is 5.71. The van der Waals surface area contributed by atoms with Crippen molar-refractivity contribution in [3.05, 3.63) is 59.9 Å². The van der Waals surface area contributed by atoms with Crippen molar-refractivity contribution >= 4 is 11.7 Å². The van der Waals surface area contributed by atoms with Crippen LogP contribution in [0.1, 0.15) is 23.6 Å². The van der Waals surface area contributed by atoms with E-state index in [0.717, 1.165) is 23.5 Å². The number of para-hydroxylation sites is 1. The van der Waals surface area contributed by atoms with Gasteiger partial charge in [0.25, 0.3) is 0 Å². The zero-order chi connectivity index (χ0) is 13.9. The zero-order valence-corrected chi connectivity index (χ0v) is 11.1. The van der Waals surface area contributed by atoms with Crippen LogP contribution in [0.2, 0.25) is 0 Å². The fraction of sp³-hybridized carbons (Fsp3) is 0.250. The molecule has 4 nitrogen and oxygen atoms in total. The molecule has 102 valence electrons. The molecule has 1 aliphatic heterocycles. The molecule has 1 N–H and O–H groups in total. The summed E-state index contributed by atoms with van der Waals surface area (Å²) in [6.45, 7) is 1.45. The monoisotopic (exact) mass is 268 g/mol. The van der Waals surface area contributed by atoms with Gasteiger partial charge in [-0.05, 0) is 23.8 Å². The molecular formula is C16H16N2O2. The summed E-state index contributed by atoms with van der Waals surface area (Å²) in [5.74, 6) is -0.683. The summed E-state index contributed by atoms with van der Waals surface area (Å²) in [5.41, 5.74) is 3.26. The summed E-state index contributed by atoms with van der Waals surface area (Å²) >= 11 is 0. The Kier molecular flexibility index (Phi) is 3.37. The standard InChI is InChI=1S/C16H16N2O2/c19-16(20)9-12-10-18(11-13-5-3-4-8-17-13)15-7-2-1-6-14(12)15/h1-8,12H,9-11H2,(H,19,20). The summed E-state index contributed by atoms with van der Waals surface area (Å²) in [6, 6.07) is 13.9. The lowest BCUT2D eigenvalue weighted by Crippen LogP contribution is -2.22. The molecule has 0 aliphatic carbocycles. The Morgan fingerprint density at radius 3 is 2.80 bits per heavy atom. The molecule has 1 aromatic carbocycles. The van der Waals surface area contributed by atoms with Crippen LogP contribution in [0, 0.1) is 0 Å². The van der Waals surface area contributed by atoms with Crippen LogP contribution in [0.25, 0.3) is 0 Å². The van der Waals surface area contributed by atoms with Gasteiger partial charge >= 0.3 is 5.97 Å². The lowest BCUT2D eigenvalue weighted by Gasteiger charge is -2.19. The highest BCUT2D eigenvalue weighted by Crippen LogP contribution is 2.38. The first-order chi connectivity index (χ1) is 9.74. The number of pyridine rings is 1. The number of carboxylic acids is 1. The van der Waals surface area contributed by atoms with Crippen LogP contribution in [-0.4, -0.2) is 22.6 Å². The van der Waals surface area contributed by atoms with E-state index in [2.05, 4.69) is 16.0 Å². The van der Waals surface area contributed by atoms with Crippen molar-refractivity contribution in [2.45, 2.75) is 18.9 Å². The maximum Gasteiger partial charge on any atom is 0.304 e. The molecule has 0 radical (unpaired) electrons. The molecule has 0 spiro atoms. The van der Waals surface area contributed by atoms with Crippen molar-refractivity contribution in [3.63, 3.8) is 0 Å². The van der Waals surface area contributed by atoms with E-state index in [0.29, 0.717) is 6.54 Å². The Hall–Kier alpha value is -2.36. The predicted molar refractivity (Wildman–Crippen MR) is 76.7 cm³/mol. The van der Waals surface area contributed by atoms with Gasteiger partial charge in [-0.1, -0.05) is 24.3 Å². The van der Waals surface area contributed by atoms with Crippen LogP contribution < -0.4 is 4.90 Å². The first-order valence-corrected chi connectivity index (χ1v) is 6.69. The molecule has 1 aromatic heterocycles. The van der Waals surface area contributed by atoms with Gasteiger partial charge in [-0.15, -0.1) is 0 Å². The number of anilines is 1. The molecule has 4 heteroatoms. The van der Waals surface area contributed by atoms with Gasteiger partial charge in [0, 0.05) is 24.3 Å². The Labute approximate surface area is 117 Å². The Bertz CT molecular complexity index is 613. The summed E-state index contributed by atoms with van der Waals surface area (Å²) in [5, 5.41) is 9.04. The molecule has 0 bridgehead atoms. The molecule has 1 atom stereocenters. The first kappa shape index (κ1) is 12.7. The number of carbonyl (C=O) groups is 1. The SMILES string of the molecule is O=C(O)CC1CN(Cc2ccccn2)c2ccccc21. The van der Waals surface area contributed by atoms with Gasteiger partial charge in [0.05, 0.1) is 18.7 Å². The number of hydrogen-bond donors (Lipinski definition) is 1. The fourth-order valence-electron chi connectivity index (χ4n) is 2.81. The van der Waals surface area contributed by atoms with Crippen molar-refractivity contribution in [2.24, 2.45) is 0 Å². The van der Waals surface area contributed by atoms with Gasteiger partial charge in [0.1, 0.15) is 0 Å². The maximum atomic E-state index is 11.0. The largest absolute Gasteiger partial charge is 0.481 e. The minimum atomic E-state index is -0.746. The topological polar surface area (TPSA) is 53.4 Å². The van der Waals surface area contributed by atoms with E-state index < -0.39 is 5.97 Å². The molecule has 0 saturated carbocycles. The average Bonchev–Trinajstić information content (AvgIpc) is 2.78. The van der Waals surface area contributed by atoms with Gasteiger partial charge < -0.3 is 10.0 Å². The summed E-state index contributed by atoms with van der Waals surface area (Å²) in [7, 11) is 0. The number of aliphatic carboxylic acids is 1. The first-order valence-electron chi connectivity index (χ1n) is 6.69. The Morgan fingerprint density at radius 2 is 2.05 bits per heavy atom. The summed E-state index contributed by atoms with van der Waals surface area (Å²) < 4.78 is 0. The molecule has 0 amide bonds. The van der Waals surface area contributed by atoms with E-state index in [9.17, 15) is 4.79 Å². The predicted octanol–water partition coefficient (Wildman–Crippen LogP) is 2.66. The highest BCUT2D eigenvalue weighted by atomic mass is 16.4. The van der Waals surface area contributed by atoms with E-state index in [1.807, 2.05) is 36.4 Å². The minimum Gasteiger partial charge on any atom is -0.481 e. The highest BCUT2D eigenvalue weighted by Gasteiger charge is 2.29. The summed E-state index contributed by atoms with van der Waals surface area (Å²) in [6.07, 6.45) is 1.96.